The molecule has 2 aliphatic rings. The number of nitrogen functional groups attached to an aromatic ring is 1. The number of β-lactam (4-membered cyclic amide) rings is 1. The highest BCUT2D eigenvalue weighted by atomic mass is 32.2. The van der Waals surface area contributed by atoms with Gasteiger partial charge < -0.3 is 20.7 Å². The van der Waals surface area contributed by atoms with E-state index in [0.717, 1.165) is 0 Å². The number of hydrogen-bond acceptors (Lipinski definition) is 8. The van der Waals surface area contributed by atoms with Crippen molar-refractivity contribution in [2.75, 3.05) is 17.2 Å². The van der Waals surface area contributed by atoms with E-state index in [-0.39, 0.29) is 18.0 Å². The van der Waals surface area contributed by atoms with Crippen molar-refractivity contribution in [2.45, 2.75) is 23.0 Å². The third kappa shape index (κ3) is 4.12. The number of amides is 2. The molecule has 0 radical (unpaired) electrons. The zero-order valence-electron chi connectivity index (χ0n) is 16.5. The number of fused-ring (bicyclic) bond motifs is 1. The molecule has 10 nitrogen and oxygen atoms in total. The fourth-order valence-electron chi connectivity index (χ4n) is 3.44. The Hall–Kier alpha value is -2.99. The first-order valence-corrected chi connectivity index (χ1v) is 11.4. The van der Waals surface area contributed by atoms with Crippen LogP contribution in [0.3, 0.4) is 0 Å². The summed E-state index contributed by atoms with van der Waals surface area (Å²) in [6, 6.07) is 6.27. The number of nitrogens with zero attached hydrogens (tertiary/aromatic N) is 4. The number of rotatable bonds is 7. The predicted octanol–water partition coefficient (Wildman–Crippen LogP) is 0.471. The molecule has 4 N–H and O–H groups in total. The Morgan fingerprint density at radius 3 is 2.84 bits per heavy atom. The van der Waals surface area contributed by atoms with E-state index in [9.17, 15) is 19.5 Å². The second-order valence-corrected chi connectivity index (χ2v) is 9.15. The van der Waals surface area contributed by atoms with Crippen LogP contribution in [0.4, 0.5) is 5.69 Å². The molecule has 0 spiro atoms. The van der Waals surface area contributed by atoms with Gasteiger partial charge in [-0.25, -0.2) is 4.79 Å². The summed E-state index contributed by atoms with van der Waals surface area (Å²) >= 11 is 2.79. The third-order valence-electron chi connectivity index (χ3n) is 5.02. The molecule has 3 heterocycles. The van der Waals surface area contributed by atoms with Gasteiger partial charge in [0.25, 0.3) is 5.91 Å². The summed E-state index contributed by atoms with van der Waals surface area (Å²) in [5.41, 5.74) is 7.68. The van der Waals surface area contributed by atoms with Crippen LogP contribution in [-0.2, 0) is 27.9 Å². The van der Waals surface area contributed by atoms with Crippen molar-refractivity contribution >= 4 is 47.0 Å². The second-order valence-electron chi connectivity index (χ2n) is 7.10. The lowest BCUT2D eigenvalue weighted by molar-refractivity contribution is -0.150. The van der Waals surface area contributed by atoms with Crippen LogP contribution < -0.4 is 11.1 Å². The molecule has 2 atom stereocenters. The van der Waals surface area contributed by atoms with Gasteiger partial charge in [0.05, 0.1) is 6.42 Å². The van der Waals surface area contributed by atoms with Crippen molar-refractivity contribution in [2.24, 2.45) is 7.05 Å². The normalized spacial score (nSPS) is 20.3. The molecule has 1 aromatic heterocycles. The Morgan fingerprint density at radius 1 is 1.39 bits per heavy atom. The first kappa shape index (κ1) is 21.2. The maximum Gasteiger partial charge on any atom is 0.352 e. The van der Waals surface area contributed by atoms with Crippen molar-refractivity contribution in [3.05, 3.63) is 47.4 Å². The van der Waals surface area contributed by atoms with Crippen LogP contribution in [-0.4, -0.2) is 65.5 Å². The molecular weight excluding hydrogens is 440 g/mol. The lowest BCUT2D eigenvalue weighted by Crippen LogP contribution is -2.70. The molecule has 4 rings (SSSR count). The van der Waals surface area contributed by atoms with Crippen LogP contribution in [0.2, 0.25) is 0 Å². The number of carbonyl (C=O) groups is 3. The maximum absolute atomic E-state index is 12.7. The molecule has 1 unspecified atom stereocenters. The SMILES string of the molecule is Cn1cnnc1SCC1=C(C(=O)O)N2C(=O)C(NC(=O)Cc3ccccc3N)[C@@H]2SC1. The minimum Gasteiger partial charge on any atom is -0.477 e. The van der Waals surface area contributed by atoms with E-state index in [0.29, 0.717) is 33.5 Å². The Labute approximate surface area is 186 Å². The predicted molar refractivity (Wildman–Crippen MR) is 116 cm³/mol. The molecule has 162 valence electrons. The van der Waals surface area contributed by atoms with Crippen LogP contribution in [0, 0.1) is 0 Å². The van der Waals surface area contributed by atoms with Crippen LogP contribution in [0.25, 0.3) is 0 Å². The highest BCUT2D eigenvalue weighted by molar-refractivity contribution is 8.01. The Morgan fingerprint density at radius 2 is 2.16 bits per heavy atom. The molecule has 2 aromatic rings. The fourth-order valence-corrected chi connectivity index (χ4v) is 5.81. The van der Waals surface area contributed by atoms with Crippen molar-refractivity contribution in [1.82, 2.24) is 25.0 Å². The van der Waals surface area contributed by atoms with E-state index in [4.69, 9.17) is 5.73 Å². The molecule has 31 heavy (non-hydrogen) atoms. The number of carboxylic acids is 1. The summed E-state index contributed by atoms with van der Waals surface area (Å²) < 4.78 is 1.74. The summed E-state index contributed by atoms with van der Waals surface area (Å²) in [6.45, 7) is 0. The number of aromatic nitrogens is 3. The molecule has 1 saturated heterocycles. The van der Waals surface area contributed by atoms with Gasteiger partial charge in [0.2, 0.25) is 5.91 Å². The smallest absolute Gasteiger partial charge is 0.352 e. The zero-order chi connectivity index (χ0) is 22.1. The van der Waals surface area contributed by atoms with Gasteiger partial charge in [0.15, 0.2) is 5.16 Å². The highest BCUT2D eigenvalue weighted by Gasteiger charge is 2.54. The van der Waals surface area contributed by atoms with E-state index >= 15 is 0 Å². The molecular formula is C19H20N6O4S2. The maximum atomic E-state index is 12.7. The number of thioether (sulfide) groups is 2. The monoisotopic (exact) mass is 460 g/mol. The largest absolute Gasteiger partial charge is 0.477 e. The molecule has 1 fully saturated rings. The van der Waals surface area contributed by atoms with Crippen molar-refractivity contribution in [3.63, 3.8) is 0 Å². The van der Waals surface area contributed by atoms with E-state index in [2.05, 4.69) is 15.5 Å². The third-order valence-corrected chi connectivity index (χ3v) is 7.48. The number of nitrogens with one attached hydrogen (secondary N) is 1. The van der Waals surface area contributed by atoms with Crippen LogP contribution in [0.15, 0.2) is 47.0 Å². The molecule has 1 aromatic carbocycles. The number of anilines is 1. The molecule has 2 aliphatic heterocycles. The molecule has 2 amide bonds. The number of aliphatic carboxylic acids is 1. The van der Waals surface area contributed by atoms with Crippen LogP contribution in [0.5, 0.6) is 0 Å². The number of hydrogen-bond donors (Lipinski definition) is 3. The summed E-state index contributed by atoms with van der Waals surface area (Å²) in [6.07, 6.45) is 1.62. The quantitative estimate of drug-likeness (QED) is 0.305. The zero-order valence-corrected chi connectivity index (χ0v) is 18.2. The number of para-hydroxylation sites is 1. The van der Waals surface area contributed by atoms with Crippen molar-refractivity contribution in [3.8, 4) is 0 Å². The van der Waals surface area contributed by atoms with Gasteiger partial charge in [-0.2, -0.15) is 0 Å². The Bertz CT molecular complexity index is 1080. The minimum absolute atomic E-state index is 0.0128. The van der Waals surface area contributed by atoms with Gasteiger partial charge in [-0.05, 0) is 17.2 Å². The van der Waals surface area contributed by atoms with Crippen molar-refractivity contribution in [1.29, 1.82) is 0 Å². The lowest BCUT2D eigenvalue weighted by Gasteiger charge is -2.49. The number of nitrogens with two attached hydrogens (primary N) is 1. The molecule has 12 heteroatoms. The summed E-state index contributed by atoms with van der Waals surface area (Å²) in [5, 5.41) is 20.5. The lowest BCUT2D eigenvalue weighted by atomic mass is 10.0. The van der Waals surface area contributed by atoms with E-state index in [1.165, 1.54) is 28.4 Å². The number of carbonyl (C=O) groups excluding carboxylic acids is 2. The first-order valence-electron chi connectivity index (χ1n) is 9.36. The average Bonchev–Trinajstić information content (AvgIpc) is 3.16. The van der Waals surface area contributed by atoms with Gasteiger partial charge in [0.1, 0.15) is 23.4 Å². The van der Waals surface area contributed by atoms with E-state index in [1.807, 2.05) is 0 Å². The summed E-state index contributed by atoms with van der Waals surface area (Å²) in [5.74, 6) is -1.10. The van der Waals surface area contributed by atoms with E-state index in [1.54, 1.807) is 42.2 Å². The second kappa shape index (κ2) is 8.63. The molecule has 0 bridgehead atoms. The standard InChI is InChI=1S/C19H20N6O4S2/c1-24-9-21-23-19(24)31-8-11-7-30-17-14(16(27)25(17)15(11)18(28)29)22-13(26)6-10-4-2-3-5-12(10)20/h2-5,9,14,17H,6-8,20H2,1H3,(H,22,26)(H,28,29)/t14?,17-/m0/s1. The van der Waals surface area contributed by atoms with Crippen LogP contribution in [0.1, 0.15) is 5.56 Å². The highest BCUT2D eigenvalue weighted by Crippen LogP contribution is 2.41. The van der Waals surface area contributed by atoms with Crippen molar-refractivity contribution < 1.29 is 19.5 Å². The van der Waals surface area contributed by atoms with Gasteiger partial charge in [-0.15, -0.1) is 22.0 Å². The van der Waals surface area contributed by atoms with Gasteiger partial charge in [-0.3, -0.25) is 14.5 Å². The average molecular weight is 461 g/mol. The van der Waals surface area contributed by atoms with Gasteiger partial charge in [0, 0.05) is 24.2 Å². The molecule has 0 saturated carbocycles. The summed E-state index contributed by atoms with van der Waals surface area (Å²) in [4.78, 5) is 38.4. The van der Waals surface area contributed by atoms with Gasteiger partial charge >= 0.3 is 5.97 Å². The number of benzene rings is 1. The van der Waals surface area contributed by atoms with Gasteiger partial charge in [-0.1, -0.05) is 30.0 Å². The first-order chi connectivity index (χ1) is 14.9. The Balaban J connectivity index is 1.44. The van der Waals surface area contributed by atoms with Crippen LogP contribution >= 0.6 is 23.5 Å². The summed E-state index contributed by atoms with van der Waals surface area (Å²) in [7, 11) is 1.80. The number of aryl methyl sites for hydroxylation is 1. The topological polar surface area (TPSA) is 143 Å². The number of carboxylic acid groups (broad SMARTS) is 1. The minimum atomic E-state index is -1.16. The fraction of sp³-hybridized carbons (Fsp3) is 0.316. The van der Waals surface area contributed by atoms with E-state index < -0.39 is 23.3 Å². The Kier molecular flexibility index (Phi) is 5.92. The molecule has 0 aliphatic carbocycles.